The Labute approximate surface area is 86.7 Å². The van der Waals surface area contributed by atoms with Crippen LogP contribution >= 0.6 is 0 Å². The molecule has 3 N–H and O–H groups in total. The number of carboxylic acid groups (broad SMARTS) is 1. The molecule has 0 aliphatic heterocycles. The third-order valence-corrected chi connectivity index (χ3v) is 1.76. The van der Waals surface area contributed by atoms with E-state index in [0.29, 0.717) is 5.69 Å². The Morgan fingerprint density at radius 1 is 1.60 bits per heavy atom. The second kappa shape index (κ2) is 5.14. The Hall–Kier alpha value is -1.85. The third-order valence-electron chi connectivity index (χ3n) is 1.76. The number of carbonyl (C=O) groups is 2. The van der Waals surface area contributed by atoms with Crippen LogP contribution in [-0.4, -0.2) is 33.7 Å². The predicted octanol–water partition coefficient (Wildman–Crippen LogP) is -0.148. The van der Waals surface area contributed by atoms with Crippen LogP contribution in [0.25, 0.3) is 0 Å². The molecule has 0 saturated carbocycles. The van der Waals surface area contributed by atoms with Crippen LogP contribution in [0.4, 0.5) is 0 Å². The molecule has 1 amide bonds. The first-order valence-corrected chi connectivity index (χ1v) is 4.57. The van der Waals surface area contributed by atoms with Gasteiger partial charge in [-0.3, -0.25) is 14.7 Å². The van der Waals surface area contributed by atoms with Crippen molar-refractivity contribution in [2.45, 2.75) is 19.8 Å². The summed E-state index contributed by atoms with van der Waals surface area (Å²) in [5.74, 6) is -1.14. The lowest BCUT2D eigenvalue weighted by atomic mass is 10.3. The van der Waals surface area contributed by atoms with Gasteiger partial charge in [0, 0.05) is 12.2 Å². The summed E-state index contributed by atoms with van der Waals surface area (Å²) in [6, 6.07) is 1.77. The molecule has 6 nitrogen and oxygen atoms in total. The largest absolute Gasteiger partial charge is 0.481 e. The van der Waals surface area contributed by atoms with E-state index in [9.17, 15) is 9.59 Å². The number of carbonyl (C=O) groups excluding carboxylic acids is 1. The molecule has 0 saturated heterocycles. The van der Waals surface area contributed by atoms with Crippen molar-refractivity contribution in [3.8, 4) is 0 Å². The van der Waals surface area contributed by atoms with Crippen molar-refractivity contribution in [3.05, 3.63) is 17.5 Å². The highest BCUT2D eigenvalue weighted by molar-refractivity contribution is 5.78. The van der Waals surface area contributed by atoms with Crippen LogP contribution in [0.5, 0.6) is 0 Å². The van der Waals surface area contributed by atoms with Gasteiger partial charge in [-0.25, -0.2) is 0 Å². The zero-order chi connectivity index (χ0) is 11.3. The molecule has 0 atom stereocenters. The van der Waals surface area contributed by atoms with Crippen molar-refractivity contribution >= 4 is 11.9 Å². The van der Waals surface area contributed by atoms with Crippen LogP contribution < -0.4 is 5.32 Å². The van der Waals surface area contributed by atoms with Gasteiger partial charge in [-0.1, -0.05) is 0 Å². The van der Waals surface area contributed by atoms with E-state index in [1.807, 2.05) is 6.92 Å². The minimum atomic E-state index is -0.925. The molecule has 0 aliphatic rings. The Bertz CT molecular complexity index is 359. The van der Waals surface area contributed by atoms with Gasteiger partial charge < -0.3 is 10.4 Å². The molecule has 1 aromatic rings. The molecule has 0 spiro atoms. The molecule has 0 unspecified atom stereocenters. The molecular formula is C9H13N3O3. The number of aromatic amines is 1. The predicted molar refractivity (Wildman–Crippen MR) is 52.3 cm³/mol. The summed E-state index contributed by atoms with van der Waals surface area (Å²) < 4.78 is 0. The summed E-state index contributed by atoms with van der Waals surface area (Å²) in [7, 11) is 0. The molecule has 0 aliphatic carbocycles. The van der Waals surface area contributed by atoms with Gasteiger partial charge in [-0.2, -0.15) is 5.10 Å². The van der Waals surface area contributed by atoms with Crippen LogP contribution in [0.15, 0.2) is 6.07 Å². The van der Waals surface area contributed by atoms with E-state index in [1.165, 1.54) is 0 Å². The van der Waals surface area contributed by atoms with Crippen molar-refractivity contribution in [3.63, 3.8) is 0 Å². The molecule has 0 radical (unpaired) electrons. The lowest BCUT2D eigenvalue weighted by molar-refractivity contribution is -0.136. The van der Waals surface area contributed by atoms with E-state index < -0.39 is 5.97 Å². The molecule has 1 heterocycles. The number of hydrogen-bond acceptors (Lipinski definition) is 3. The Morgan fingerprint density at radius 2 is 2.33 bits per heavy atom. The summed E-state index contributed by atoms with van der Waals surface area (Å²) in [6.07, 6.45) is 0.106. The Balaban J connectivity index is 2.27. The Kier molecular flexibility index (Phi) is 3.84. The summed E-state index contributed by atoms with van der Waals surface area (Å²) in [5.41, 5.74) is 1.55. The zero-order valence-corrected chi connectivity index (χ0v) is 8.41. The lowest BCUT2D eigenvalue weighted by Crippen LogP contribution is -2.27. The fourth-order valence-electron chi connectivity index (χ4n) is 1.10. The number of rotatable bonds is 5. The molecule has 0 aromatic carbocycles. The van der Waals surface area contributed by atoms with Gasteiger partial charge in [-0.15, -0.1) is 0 Å². The monoisotopic (exact) mass is 211 g/mol. The molecule has 0 bridgehead atoms. The number of hydrogen-bond donors (Lipinski definition) is 3. The van der Waals surface area contributed by atoms with Crippen molar-refractivity contribution in [1.82, 2.24) is 15.5 Å². The molecule has 15 heavy (non-hydrogen) atoms. The van der Waals surface area contributed by atoms with Crippen molar-refractivity contribution in [2.75, 3.05) is 6.54 Å². The molecule has 1 aromatic heterocycles. The van der Waals surface area contributed by atoms with Crippen LogP contribution in [0.3, 0.4) is 0 Å². The molecule has 82 valence electrons. The highest BCUT2D eigenvalue weighted by Crippen LogP contribution is 1.98. The summed E-state index contributed by atoms with van der Waals surface area (Å²) >= 11 is 0. The van der Waals surface area contributed by atoms with Gasteiger partial charge in [0.2, 0.25) is 5.91 Å². The van der Waals surface area contributed by atoms with Crippen molar-refractivity contribution < 1.29 is 14.7 Å². The number of aliphatic carboxylic acids is 1. The van der Waals surface area contributed by atoms with Crippen LogP contribution in [0.2, 0.25) is 0 Å². The first kappa shape index (κ1) is 11.2. The van der Waals surface area contributed by atoms with E-state index in [1.54, 1.807) is 6.07 Å². The highest BCUT2D eigenvalue weighted by atomic mass is 16.4. The maximum atomic E-state index is 11.2. The Morgan fingerprint density at radius 3 is 2.87 bits per heavy atom. The smallest absolute Gasteiger partial charge is 0.305 e. The van der Waals surface area contributed by atoms with E-state index in [-0.39, 0.29) is 25.3 Å². The number of nitrogens with zero attached hydrogens (tertiary/aromatic N) is 1. The van der Waals surface area contributed by atoms with Gasteiger partial charge in [0.1, 0.15) is 0 Å². The SMILES string of the molecule is Cc1cc(CC(=O)NCCC(=O)O)n[nH]1. The number of carboxylic acids is 1. The van der Waals surface area contributed by atoms with Gasteiger partial charge in [0.25, 0.3) is 0 Å². The topological polar surface area (TPSA) is 95.1 Å². The summed E-state index contributed by atoms with van der Waals surface area (Å²) in [4.78, 5) is 21.4. The van der Waals surface area contributed by atoms with Crippen LogP contribution in [0, 0.1) is 6.92 Å². The van der Waals surface area contributed by atoms with Crippen LogP contribution in [0.1, 0.15) is 17.8 Å². The number of amides is 1. The highest BCUT2D eigenvalue weighted by Gasteiger charge is 2.06. The average Bonchev–Trinajstić information content (AvgIpc) is 2.50. The lowest BCUT2D eigenvalue weighted by Gasteiger charge is -2.00. The van der Waals surface area contributed by atoms with E-state index >= 15 is 0 Å². The maximum Gasteiger partial charge on any atom is 0.305 e. The fourth-order valence-corrected chi connectivity index (χ4v) is 1.10. The maximum absolute atomic E-state index is 11.2. The first-order valence-electron chi connectivity index (χ1n) is 4.57. The summed E-state index contributed by atoms with van der Waals surface area (Å²) in [6.45, 7) is 2.00. The van der Waals surface area contributed by atoms with Crippen molar-refractivity contribution in [2.24, 2.45) is 0 Å². The molecule has 1 rings (SSSR count). The van der Waals surface area contributed by atoms with E-state index in [0.717, 1.165) is 5.69 Å². The van der Waals surface area contributed by atoms with Gasteiger partial charge in [0.15, 0.2) is 0 Å². The van der Waals surface area contributed by atoms with Gasteiger partial charge >= 0.3 is 5.97 Å². The second-order valence-electron chi connectivity index (χ2n) is 3.21. The molecule has 6 heteroatoms. The van der Waals surface area contributed by atoms with Gasteiger partial charge in [0.05, 0.1) is 18.5 Å². The van der Waals surface area contributed by atoms with Crippen LogP contribution in [-0.2, 0) is 16.0 Å². The number of aryl methyl sites for hydroxylation is 1. The minimum absolute atomic E-state index is 0.0642. The summed E-state index contributed by atoms with van der Waals surface area (Å²) in [5, 5.41) is 17.5. The quantitative estimate of drug-likeness (QED) is 0.631. The first-order chi connectivity index (χ1) is 7.08. The van der Waals surface area contributed by atoms with E-state index in [4.69, 9.17) is 5.11 Å². The van der Waals surface area contributed by atoms with E-state index in [2.05, 4.69) is 15.5 Å². The standard InChI is InChI=1S/C9H13N3O3/c1-6-4-7(12-11-6)5-8(13)10-3-2-9(14)15/h4H,2-3,5H2,1H3,(H,10,13)(H,11,12)(H,14,15). The third kappa shape index (κ3) is 4.26. The van der Waals surface area contributed by atoms with Crippen molar-refractivity contribution in [1.29, 1.82) is 0 Å². The minimum Gasteiger partial charge on any atom is -0.481 e. The molecular weight excluding hydrogens is 198 g/mol. The second-order valence-corrected chi connectivity index (χ2v) is 3.21. The molecule has 0 fully saturated rings. The normalized spacial score (nSPS) is 9.93. The number of aromatic nitrogens is 2. The fraction of sp³-hybridized carbons (Fsp3) is 0.444. The number of H-pyrrole nitrogens is 1. The zero-order valence-electron chi connectivity index (χ0n) is 8.41. The van der Waals surface area contributed by atoms with Gasteiger partial charge in [-0.05, 0) is 13.0 Å². The number of nitrogens with one attached hydrogen (secondary N) is 2. The average molecular weight is 211 g/mol.